The van der Waals surface area contributed by atoms with Gasteiger partial charge in [-0.15, -0.1) is 0 Å². The fourth-order valence-corrected chi connectivity index (χ4v) is 0.821. The minimum Gasteiger partial charge on any atom is -0.181 e. The van der Waals surface area contributed by atoms with Crippen LogP contribution in [0.1, 0.15) is 20.3 Å². The molecule has 0 aromatic heterocycles. The van der Waals surface area contributed by atoms with E-state index < -0.39 is 0 Å². The summed E-state index contributed by atoms with van der Waals surface area (Å²) in [6, 6.07) is 0. The van der Waals surface area contributed by atoms with E-state index in [9.17, 15) is 0 Å². The van der Waals surface area contributed by atoms with Crippen LogP contribution in [0.4, 0.5) is 0 Å². The fraction of sp³-hybridized carbons (Fsp3) is 1.00. The Hall–Kier alpha value is -0.200. The van der Waals surface area contributed by atoms with Crippen LogP contribution >= 0.6 is 0 Å². The highest BCUT2D eigenvalue weighted by molar-refractivity contribution is 4.29. The summed E-state index contributed by atoms with van der Waals surface area (Å²) in [6.07, 6.45) is 1.05. The fourth-order valence-electron chi connectivity index (χ4n) is 0.821. The van der Waals surface area contributed by atoms with Gasteiger partial charge in [-0.3, -0.25) is 0 Å². The van der Waals surface area contributed by atoms with Gasteiger partial charge >= 0.3 is 0 Å². The summed E-state index contributed by atoms with van der Waals surface area (Å²) in [5.41, 5.74) is 0. The van der Waals surface area contributed by atoms with Crippen LogP contribution in [-0.2, 0) is 9.88 Å². The van der Waals surface area contributed by atoms with Crippen molar-refractivity contribution in [2.75, 3.05) is 34.2 Å². The Morgan fingerprint density at radius 1 is 0.923 bits per heavy atom. The molecule has 0 fully saturated rings. The van der Waals surface area contributed by atoms with Gasteiger partial charge in [-0.1, -0.05) is 13.8 Å². The molecule has 0 radical (unpaired) electrons. The van der Waals surface area contributed by atoms with Gasteiger partial charge in [0.2, 0.25) is 0 Å². The first-order chi connectivity index (χ1) is 6.10. The molecule has 0 spiro atoms. The highest BCUT2D eigenvalue weighted by Crippen LogP contribution is 1.95. The molecule has 0 unspecified atom stereocenters. The molecule has 0 aliphatic rings. The van der Waals surface area contributed by atoms with Gasteiger partial charge in [0.1, 0.15) is 0 Å². The molecule has 80 valence electrons. The van der Waals surface area contributed by atoms with Crippen molar-refractivity contribution in [1.29, 1.82) is 0 Å². The van der Waals surface area contributed by atoms with Gasteiger partial charge in [-0.25, -0.2) is 0 Å². The quantitative estimate of drug-likeness (QED) is 0.558. The molecule has 0 amide bonds. The van der Waals surface area contributed by atoms with Crippen LogP contribution in [0, 0.1) is 0 Å². The van der Waals surface area contributed by atoms with E-state index >= 15 is 0 Å². The second-order valence-corrected chi connectivity index (χ2v) is 2.90. The molecule has 0 aliphatic carbocycles. The summed E-state index contributed by atoms with van der Waals surface area (Å²) >= 11 is 0. The van der Waals surface area contributed by atoms with Gasteiger partial charge in [-0.2, -0.15) is 20.0 Å². The first-order valence-electron chi connectivity index (χ1n) is 4.62. The van der Waals surface area contributed by atoms with Crippen molar-refractivity contribution < 1.29 is 9.88 Å². The molecule has 0 atom stereocenters. The molecule has 5 heteroatoms. The Morgan fingerprint density at radius 3 is 1.92 bits per heavy atom. The molecule has 13 heavy (non-hydrogen) atoms. The Labute approximate surface area is 80.6 Å². The van der Waals surface area contributed by atoms with E-state index in [2.05, 4.69) is 6.92 Å². The van der Waals surface area contributed by atoms with Crippen molar-refractivity contribution in [1.82, 2.24) is 15.4 Å². The summed E-state index contributed by atoms with van der Waals surface area (Å²) in [5, 5.41) is 4.74. The van der Waals surface area contributed by atoms with Crippen molar-refractivity contribution in [2.24, 2.45) is 0 Å². The van der Waals surface area contributed by atoms with E-state index in [0.717, 1.165) is 19.5 Å². The maximum absolute atomic E-state index is 5.27. The van der Waals surface area contributed by atoms with Crippen molar-refractivity contribution in [2.45, 2.75) is 20.3 Å². The standard InChI is InChI=1S/C8H21N3O2/c1-6-8-10(4)13-11(5)12-9(3)7-2/h6-8H2,1-5H3. The van der Waals surface area contributed by atoms with Crippen molar-refractivity contribution in [3.63, 3.8) is 0 Å². The topological polar surface area (TPSA) is 28.2 Å². The minimum atomic E-state index is 0.811. The first kappa shape index (κ1) is 12.8. The molecule has 0 aliphatic heterocycles. The molecule has 0 rings (SSSR count). The number of hydrogen-bond acceptors (Lipinski definition) is 5. The van der Waals surface area contributed by atoms with Crippen LogP contribution in [0.15, 0.2) is 0 Å². The van der Waals surface area contributed by atoms with E-state index in [1.54, 1.807) is 17.2 Å². The third-order valence-corrected chi connectivity index (χ3v) is 1.49. The van der Waals surface area contributed by atoms with Gasteiger partial charge in [-0.05, 0) is 11.6 Å². The Balaban J connectivity index is 3.54. The van der Waals surface area contributed by atoms with Crippen molar-refractivity contribution in [3.05, 3.63) is 0 Å². The summed E-state index contributed by atoms with van der Waals surface area (Å²) in [7, 11) is 5.44. The maximum atomic E-state index is 5.27. The van der Waals surface area contributed by atoms with Gasteiger partial charge < -0.3 is 0 Å². The van der Waals surface area contributed by atoms with Crippen molar-refractivity contribution >= 4 is 0 Å². The van der Waals surface area contributed by atoms with Crippen LogP contribution in [-0.4, -0.2) is 49.6 Å². The summed E-state index contributed by atoms with van der Waals surface area (Å²) in [4.78, 5) is 10.5. The number of hydroxylamine groups is 6. The van der Waals surface area contributed by atoms with Gasteiger partial charge in [0, 0.05) is 34.2 Å². The third kappa shape index (κ3) is 6.92. The molecular formula is C8H21N3O2. The predicted octanol–water partition coefficient (Wildman–Crippen LogP) is 0.905. The Kier molecular flexibility index (Phi) is 7.12. The molecule has 5 nitrogen and oxygen atoms in total. The number of nitrogens with zero attached hydrogens (tertiary/aromatic N) is 3. The molecule has 0 heterocycles. The minimum absolute atomic E-state index is 0.811. The first-order valence-corrected chi connectivity index (χ1v) is 4.62. The van der Waals surface area contributed by atoms with E-state index in [0.29, 0.717) is 0 Å². The summed E-state index contributed by atoms with van der Waals surface area (Å²) < 4.78 is 0. The lowest BCUT2D eigenvalue weighted by molar-refractivity contribution is -0.495. The average Bonchev–Trinajstić information content (AvgIpc) is 2.04. The zero-order valence-electron chi connectivity index (χ0n) is 9.28. The van der Waals surface area contributed by atoms with Crippen LogP contribution in [0.2, 0.25) is 0 Å². The van der Waals surface area contributed by atoms with Crippen molar-refractivity contribution in [3.8, 4) is 0 Å². The Morgan fingerprint density at radius 2 is 1.46 bits per heavy atom. The van der Waals surface area contributed by atoms with Gasteiger partial charge in [0.05, 0.1) is 0 Å². The highest BCUT2D eigenvalue weighted by Gasteiger charge is 2.05. The molecule has 0 N–H and O–H groups in total. The summed E-state index contributed by atoms with van der Waals surface area (Å²) in [6.45, 7) is 5.79. The molecule has 0 aromatic carbocycles. The van der Waals surface area contributed by atoms with Gasteiger partial charge in [0.25, 0.3) is 0 Å². The smallest absolute Gasteiger partial charge is 0.0443 e. The monoisotopic (exact) mass is 191 g/mol. The third-order valence-electron chi connectivity index (χ3n) is 1.49. The zero-order chi connectivity index (χ0) is 10.3. The molecule has 0 saturated heterocycles. The second-order valence-electron chi connectivity index (χ2n) is 2.90. The second kappa shape index (κ2) is 7.23. The number of rotatable bonds is 7. The lowest BCUT2D eigenvalue weighted by Gasteiger charge is -2.24. The Bertz CT molecular complexity index is 124. The summed E-state index contributed by atoms with van der Waals surface area (Å²) in [5.74, 6) is 0. The lowest BCUT2D eigenvalue weighted by Crippen LogP contribution is -2.35. The predicted molar refractivity (Wildman–Crippen MR) is 51.2 cm³/mol. The van der Waals surface area contributed by atoms with Crippen LogP contribution in [0.5, 0.6) is 0 Å². The van der Waals surface area contributed by atoms with E-state index in [-0.39, 0.29) is 0 Å². The van der Waals surface area contributed by atoms with Crippen LogP contribution in [0.3, 0.4) is 0 Å². The normalized spacial score (nSPS) is 12.0. The SMILES string of the molecule is CCCN(C)ON(C)ON(C)CC. The van der Waals surface area contributed by atoms with E-state index in [4.69, 9.17) is 9.88 Å². The van der Waals surface area contributed by atoms with E-state index in [1.807, 2.05) is 21.0 Å². The largest absolute Gasteiger partial charge is 0.181 e. The lowest BCUT2D eigenvalue weighted by atomic mass is 10.5. The highest BCUT2D eigenvalue weighted by atomic mass is 17.1. The van der Waals surface area contributed by atoms with E-state index in [1.165, 1.54) is 5.23 Å². The van der Waals surface area contributed by atoms with Crippen LogP contribution < -0.4 is 0 Å². The molecule has 0 aromatic rings. The number of hydrogen-bond donors (Lipinski definition) is 0. The van der Waals surface area contributed by atoms with Gasteiger partial charge in [0.15, 0.2) is 0 Å². The van der Waals surface area contributed by atoms with Crippen LogP contribution in [0.25, 0.3) is 0 Å². The zero-order valence-corrected chi connectivity index (χ0v) is 9.28. The maximum Gasteiger partial charge on any atom is 0.0443 e. The average molecular weight is 191 g/mol. The molecular weight excluding hydrogens is 170 g/mol. The molecule has 0 bridgehead atoms. The molecule has 0 saturated carbocycles.